The number of rotatable bonds is 7. The smallest absolute Gasteiger partial charge is 0.212 e. The third kappa shape index (κ3) is 4.74. The van der Waals surface area contributed by atoms with Crippen LogP contribution >= 0.6 is 23.4 Å². The highest BCUT2D eigenvalue weighted by molar-refractivity contribution is 7.98. The highest BCUT2D eigenvalue weighted by Gasteiger charge is 2.12. The Morgan fingerprint density at radius 3 is 2.68 bits per heavy atom. The molecule has 0 amide bonds. The molecule has 2 heterocycles. The number of halogens is 1. The number of hydrogen-bond acceptors (Lipinski definition) is 5. The Kier molecular flexibility index (Phi) is 5.94. The van der Waals surface area contributed by atoms with Crippen molar-refractivity contribution in [3.05, 3.63) is 64.3 Å². The van der Waals surface area contributed by atoms with Gasteiger partial charge in [-0.25, -0.2) is 0 Å². The maximum Gasteiger partial charge on any atom is 0.212 e. The van der Waals surface area contributed by atoms with Gasteiger partial charge in [-0.1, -0.05) is 42.4 Å². The zero-order valence-electron chi connectivity index (χ0n) is 14.1. The molecule has 7 heteroatoms. The summed E-state index contributed by atoms with van der Waals surface area (Å²) in [7, 11) is 0. The maximum atomic E-state index is 5.93. The lowest BCUT2D eigenvalue weighted by molar-refractivity contribution is 0.527. The van der Waals surface area contributed by atoms with Gasteiger partial charge in [0, 0.05) is 17.2 Å². The molecule has 0 spiro atoms. The number of aryl methyl sites for hydroxylation is 2. The van der Waals surface area contributed by atoms with E-state index in [0.29, 0.717) is 5.76 Å². The molecule has 0 bridgehead atoms. The number of nitrogens with zero attached hydrogens (tertiary/aromatic N) is 4. The Morgan fingerprint density at radius 2 is 2.00 bits per heavy atom. The Hall–Kier alpha value is -2.05. The molecule has 0 saturated heterocycles. The molecule has 0 saturated carbocycles. The molecular formula is C18H19ClN4OS. The van der Waals surface area contributed by atoms with E-state index in [1.54, 1.807) is 22.7 Å². The predicted molar refractivity (Wildman–Crippen MR) is 101 cm³/mol. The third-order valence-corrected chi connectivity index (χ3v) is 4.74. The summed E-state index contributed by atoms with van der Waals surface area (Å²) in [5, 5.41) is 14.6. The number of benzene rings is 1. The second-order valence-electron chi connectivity index (χ2n) is 5.57. The van der Waals surface area contributed by atoms with Gasteiger partial charge in [-0.2, -0.15) is 9.78 Å². The Bertz CT molecular complexity index is 854. The van der Waals surface area contributed by atoms with E-state index in [2.05, 4.69) is 22.2 Å². The molecular weight excluding hydrogens is 356 g/mol. The molecule has 0 aliphatic heterocycles. The van der Waals surface area contributed by atoms with E-state index in [1.165, 1.54) is 5.56 Å². The van der Waals surface area contributed by atoms with Crippen molar-refractivity contribution >= 4 is 29.6 Å². The van der Waals surface area contributed by atoms with Gasteiger partial charge in [0.25, 0.3) is 0 Å². The maximum absolute atomic E-state index is 5.93. The van der Waals surface area contributed by atoms with Crippen molar-refractivity contribution in [3.8, 4) is 0 Å². The summed E-state index contributed by atoms with van der Waals surface area (Å²) in [6.45, 7) is 4.02. The number of aromatic nitrogens is 3. The van der Waals surface area contributed by atoms with Crippen LogP contribution in [0.25, 0.3) is 0 Å². The average Bonchev–Trinajstić information content (AvgIpc) is 3.19. The summed E-state index contributed by atoms with van der Waals surface area (Å²) in [5.41, 5.74) is 1.17. The van der Waals surface area contributed by atoms with Crippen LogP contribution in [0.3, 0.4) is 0 Å². The van der Waals surface area contributed by atoms with Gasteiger partial charge in [-0.15, -0.1) is 10.2 Å². The molecule has 1 aromatic carbocycles. The van der Waals surface area contributed by atoms with Crippen LogP contribution in [-0.2, 0) is 12.2 Å². The molecule has 3 rings (SSSR count). The topological polar surface area (TPSA) is 56.2 Å². The first kappa shape index (κ1) is 17.8. The first-order chi connectivity index (χ1) is 12.2. The van der Waals surface area contributed by atoms with Crippen LogP contribution in [0, 0.1) is 6.92 Å². The van der Waals surface area contributed by atoms with E-state index in [4.69, 9.17) is 16.0 Å². The Morgan fingerprint density at radius 1 is 1.20 bits per heavy atom. The van der Waals surface area contributed by atoms with E-state index < -0.39 is 0 Å². The summed E-state index contributed by atoms with van der Waals surface area (Å²) in [6.07, 6.45) is 3.50. The summed E-state index contributed by atoms with van der Waals surface area (Å²) in [4.78, 5) is 0. The number of hydrogen-bond donors (Lipinski definition) is 0. The van der Waals surface area contributed by atoms with Crippen LogP contribution in [0.15, 0.2) is 51.1 Å². The Balaban J connectivity index is 1.78. The van der Waals surface area contributed by atoms with Crippen molar-refractivity contribution in [2.45, 2.75) is 37.6 Å². The fraction of sp³-hybridized carbons (Fsp3) is 0.278. The van der Waals surface area contributed by atoms with Gasteiger partial charge >= 0.3 is 0 Å². The van der Waals surface area contributed by atoms with Crippen LogP contribution in [0.2, 0.25) is 5.02 Å². The molecule has 0 fully saturated rings. The molecule has 3 aromatic rings. The van der Waals surface area contributed by atoms with Crippen LogP contribution < -0.4 is 0 Å². The normalized spacial score (nSPS) is 11.5. The van der Waals surface area contributed by atoms with Crippen molar-refractivity contribution in [2.24, 2.45) is 5.10 Å². The van der Waals surface area contributed by atoms with E-state index in [0.717, 1.165) is 40.4 Å². The zero-order chi connectivity index (χ0) is 17.6. The minimum atomic E-state index is 0.710. The predicted octanol–water partition coefficient (Wildman–Crippen LogP) is 4.96. The second kappa shape index (κ2) is 8.36. The minimum absolute atomic E-state index is 0.710. The van der Waals surface area contributed by atoms with E-state index in [-0.39, 0.29) is 0 Å². The van der Waals surface area contributed by atoms with Crippen molar-refractivity contribution in [1.29, 1.82) is 0 Å². The number of thioether (sulfide) groups is 1. The largest absolute Gasteiger partial charge is 0.460 e. The molecule has 0 unspecified atom stereocenters. The monoisotopic (exact) mass is 374 g/mol. The standard InChI is InChI=1S/C18H19ClN4OS/c1-3-4-17-21-22-18(25-12-14-6-8-15(19)9-7-14)23(17)20-11-16-10-5-13(2)24-16/h5-11H,3-4,12H2,1-2H3/b20-11-. The summed E-state index contributed by atoms with van der Waals surface area (Å²) in [5.74, 6) is 3.19. The van der Waals surface area contributed by atoms with Gasteiger partial charge in [-0.3, -0.25) is 0 Å². The molecule has 0 radical (unpaired) electrons. The van der Waals surface area contributed by atoms with E-state index in [9.17, 15) is 0 Å². The summed E-state index contributed by atoms with van der Waals surface area (Å²) >= 11 is 7.53. The van der Waals surface area contributed by atoms with Crippen LogP contribution in [0.4, 0.5) is 0 Å². The van der Waals surface area contributed by atoms with Crippen molar-refractivity contribution in [3.63, 3.8) is 0 Å². The van der Waals surface area contributed by atoms with Crippen molar-refractivity contribution in [1.82, 2.24) is 14.9 Å². The second-order valence-corrected chi connectivity index (χ2v) is 6.95. The zero-order valence-corrected chi connectivity index (χ0v) is 15.7. The van der Waals surface area contributed by atoms with Crippen molar-refractivity contribution < 1.29 is 4.42 Å². The summed E-state index contributed by atoms with van der Waals surface area (Å²) in [6, 6.07) is 11.6. The van der Waals surface area contributed by atoms with Gasteiger partial charge in [0.1, 0.15) is 11.5 Å². The minimum Gasteiger partial charge on any atom is -0.460 e. The highest BCUT2D eigenvalue weighted by atomic mass is 35.5. The molecule has 0 aliphatic rings. The molecule has 0 N–H and O–H groups in total. The fourth-order valence-corrected chi connectivity index (χ4v) is 3.23. The molecule has 0 atom stereocenters. The highest BCUT2D eigenvalue weighted by Crippen LogP contribution is 2.23. The van der Waals surface area contributed by atoms with Gasteiger partial charge in [-0.05, 0) is 43.2 Å². The lowest BCUT2D eigenvalue weighted by Crippen LogP contribution is -2.00. The lowest BCUT2D eigenvalue weighted by atomic mass is 10.2. The molecule has 25 heavy (non-hydrogen) atoms. The third-order valence-electron chi connectivity index (χ3n) is 3.49. The summed E-state index contributed by atoms with van der Waals surface area (Å²) < 4.78 is 7.33. The Labute approximate surface area is 156 Å². The quantitative estimate of drug-likeness (QED) is 0.433. The molecule has 0 aliphatic carbocycles. The van der Waals surface area contributed by atoms with Crippen LogP contribution in [0.1, 0.15) is 36.3 Å². The van der Waals surface area contributed by atoms with Gasteiger partial charge in [0.2, 0.25) is 5.16 Å². The van der Waals surface area contributed by atoms with Crippen LogP contribution in [-0.4, -0.2) is 21.1 Å². The first-order valence-corrected chi connectivity index (χ1v) is 9.44. The average molecular weight is 375 g/mol. The molecule has 130 valence electrons. The van der Waals surface area contributed by atoms with Crippen LogP contribution in [0.5, 0.6) is 0 Å². The molecule has 2 aromatic heterocycles. The molecule has 5 nitrogen and oxygen atoms in total. The van der Waals surface area contributed by atoms with Gasteiger partial charge in [0.15, 0.2) is 5.82 Å². The van der Waals surface area contributed by atoms with Gasteiger partial charge < -0.3 is 4.42 Å². The first-order valence-electron chi connectivity index (χ1n) is 8.08. The van der Waals surface area contributed by atoms with Gasteiger partial charge in [0.05, 0.1) is 6.21 Å². The van der Waals surface area contributed by atoms with E-state index >= 15 is 0 Å². The van der Waals surface area contributed by atoms with Crippen molar-refractivity contribution in [2.75, 3.05) is 0 Å². The lowest BCUT2D eigenvalue weighted by Gasteiger charge is -2.04. The fourth-order valence-electron chi connectivity index (χ4n) is 2.25. The SMILES string of the molecule is CCCc1nnc(SCc2ccc(Cl)cc2)n1/N=C\c1ccc(C)o1. The number of furan rings is 1. The van der Waals surface area contributed by atoms with E-state index in [1.807, 2.05) is 43.3 Å².